The highest BCUT2D eigenvalue weighted by Crippen LogP contribution is 1.92. The van der Waals surface area contributed by atoms with E-state index in [1.807, 2.05) is 20.9 Å². The molecule has 0 aliphatic heterocycles. The molecule has 1 amide bonds. The second-order valence-corrected chi connectivity index (χ2v) is 3.87. The van der Waals surface area contributed by atoms with E-state index in [1.165, 1.54) is 0 Å². The van der Waals surface area contributed by atoms with Gasteiger partial charge in [0.1, 0.15) is 6.61 Å². The van der Waals surface area contributed by atoms with Crippen molar-refractivity contribution < 1.29 is 9.53 Å². The van der Waals surface area contributed by atoms with Crippen LogP contribution in [0.3, 0.4) is 0 Å². The smallest absolute Gasteiger partial charge is 0.246 e. The SMILES string of the molecule is CNCCCCCNC(=O)COC(C)C. The maximum Gasteiger partial charge on any atom is 0.246 e. The summed E-state index contributed by atoms with van der Waals surface area (Å²) in [5.41, 5.74) is 0. The number of unbranched alkanes of at least 4 members (excludes halogenated alkanes) is 2. The molecule has 0 aromatic heterocycles. The van der Waals surface area contributed by atoms with Crippen LogP contribution in [0.4, 0.5) is 0 Å². The summed E-state index contributed by atoms with van der Waals surface area (Å²) in [6, 6.07) is 0. The van der Waals surface area contributed by atoms with Gasteiger partial charge in [-0.05, 0) is 40.3 Å². The Morgan fingerprint density at radius 3 is 2.47 bits per heavy atom. The van der Waals surface area contributed by atoms with Gasteiger partial charge in [0.25, 0.3) is 0 Å². The molecule has 0 bridgehead atoms. The lowest BCUT2D eigenvalue weighted by Gasteiger charge is -2.08. The van der Waals surface area contributed by atoms with Crippen molar-refractivity contribution in [3.8, 4) is 0 Å². The van der Waals surface area contributed by atoms with Gasteiger partial charge in [0, 0.05) is 6.54 Å². The fourth-order valence-corrected chi connectivity index (χ4v) is 1.12. The predicted octanol–water partition coefficient (Wildman–Crippen LogP) is 0.917. The predicted molar refractivity (Wildman–Crippen MR) is 61.9 cm³/mol. The van der Waals surface area contributed by atoms with Crippen LogP contribution in [0.2, 0.25) is 0 Å². The molecular weight excluding hydrogens is 192 g/mol. The molecule has 15 heavy (non-hydrogen) atoms. The van der Waals surface area contributed by atoms with Crippen LogP contribution in [0.5, 0.6) is 0 Å². The van der Waals surface area contributed by atoms with E-state index in [2.05, 4.69) is 10.6 Å². The third-order valence-corrected chi connectivity index (χ3v) is 1.97. The maximum absolute atomic E-state index is 11.2. The lowest BCUT2D eigenvalue weighted by atomic mass is 10.2. The van der Waals surface area contributed by atoms with Crippen molar-refractivity contribution in [1.82, 2.24) is 10.6 Å². The standard InChI is InChI=1S/C11H24N2O2/c1-10(2)15-9-11(14)13-8-6-4-5-7-12-3/h10,12H,4-9H2,1-3H3,(H,13,14). The number of rotatable bonds is 9. The molecule has 0 radical (unpaired) electrons. The Kier molecular flexibility index (Phi) is 9.52. The maximum atomic E-state index is 11.2. The molecule has 0 aromatic carbocycles. The largest absolute Gasteiger partial charge is 0.369 e. The lowest BCUT2D eigenvalue weighted by molar-refractivity contribution is -0.127. The normalized spacial score (nSPS) is 10.7. The Hall–Kier alpha value is -0.610. The molecule has 90 valence electrons. The lowest BCUT2D eigenvalue weighted by Crippen LogP contribution is -2.29. The molecule has 0 saturated heterocycles. The summed E-state index contributed by atoms with van der Waals surface area (Å²) in [5, 5.41) is 5.92. The zero-order valence-corrected chi connectivity index (χ0v) is 10.1. The number of carbonyl (C=O) groups is 1. The van der Waals surface area contributed by atoms with Crippen LogP contribution in [0.1, 0.15) is 33.1 Å². The van der Waals surface area contributed by atoms with Crippen LogP contribution in [0.25, 0.3) is 0 Å². The van der Waals surface area contributed by atoms with E-state index < -0.39 is 0 Å². The van der Waals surface area contributed by atoms with Crippen LogP contribution in [-0.4, -0.2) is 38.8 Å². The topological polar surface area (TPSA) is 50.4 Å². The summed E-state index contributed by atoms with van der Waals surface area (Å²) in [5.74, 6) is -0.0164. The number of nitrogens with one attached hydrogen (secondary N) is 2. The average molecular weight is 216 g/mol. The zero-order valence-electron chi connectivity index (χ0n) is 10.1. The van der Waals surface area contributed by atoms with E-state index in [-0.39, 0.29) is 18.6 Å². The second kappa shape index (κ2) is 9.93. The Morgan fingerprint density at radius 1 is 1.20 bits per heavy atom. The molecule has 2 N–H and O–H groups in total. The summed E-state index contributed by atoms with van der Waals surface area (Å²) < 4.78 is 5.18. The van der Waals surface area contributed by atoms with Gasteiger partial charge in [-0.25, -0.2) is 0 Å². The molecule has 0 rings (SSSR count). The molecular formula is C11H24N2O2. The molecule has 0 atom stereocenters. The Bertz CT molecular complexity index is 161. The van der Waals surface area contributed by atoms with Crippen molar-refractivity contribution in [2.45, 2.75) is 39.2 Å². The number of ether oxygens (including phenoxy) is 1. The van der Waals surface area contributed by atoms with Gasteiger partial charge >= 0.3 is 0 Å². The Balaban J connectivity index is 3.17. The third-order valence-electron chi connectivity index (χ3n) is 1.97. The summed E-state index contributed by atoms with van der Waals surface area (Å²) in [4.78, 5) is 11.2. The molecule has 0 aliphatic carbocycles. The number of hydrogen-bond donors (Lipinski definition) is 2. The number of amides is 1. The molecule has 0 fully saturated rings. The van der Waals surface area contributed by atoms with Crippen molar-refractivity contribution in [1.29, 1.82) is 0 Å². The van der Waals surface area contributed by atoms with Gasteiger partial charge in [-0.1, -0.05) is 6.42 Å². The van der Waals surface area contributed by atoms with Gasteiger partial charge in [-0.3, -0.25) is 4.79 Å². The third kappa shape index (κ3) is 11.3. The summed E-state index contributed by atoms with van der Waals surface area (Å²) >= 11 is 0. The molecule has 4 nitrogen and oxygen atoms in total. The molecule has 0 heterocycles. The summed E-state index contributed by atoms with van der Waals surface area (Å²) in [6.45, 7) is 5.82. The number of carbonyl (C=O) groups excluding carboxylic acids is 1. The van der Waals surface area contributed by atoms with E-state index in [9.17, 15) is 4.79 Å². The van der Waals surface area contributed by atoms with Gasteiger partial charge in [-0.15, -0.1) is 0 Å². The Labute approximate surface area is 92.8 Å². The van der Waals surface area contributed by atoms with Crippen LogP contribution < -0.4 is 10.6 Å². The summed E-state index contributed by atoms with van der Waals surface area (Å²) in [7, 11) is 1.95. The minimum Gasteiger partial charge on any atom is -0.369 e. The fourth-order valence-electron chi connectivity index (χ4n) is 1.12. The molecule has 0 spiro atoms. The summed E-state index contributed by atoms with van der Waals surface area (Å²) in [6.07, 6.45) is 3.46. The van der Waals surface area contributed by atoms with Gasteiger partial charge in [0.15, 0.2) is 0 Å². The molecule has 0 aromatic rings. The van der Waals surface area contributed by atoms with E-state index in [0.29, 0.717) is 0 Å². The Morgan fingerprint density at radius 2 is 1.87 bits per heavy atom. The zero-order chi connectivity index (χ0) is 11.5. The van der Waals surface area contributed by atoms with E-state index in [4.69, 9.17) is 4.74 Å². The van der Waals surface area contributed by atoms with E-state index in [1.54, 1.807) is 0 Å². The molecule has 0 aliphatic rings. The van der Waals surface area contributed by atoms with Crippen molar-refractivity contribution in [3.63, 3.8) is 0 Å². The van der Waals surface area contributed by atoms with Crippen molar-refractivity contribution in [2.75, 3.05) is 26.7 Å². The van der Waals surface area contributed by atoms with Crippen molar-refractivity contribution in [2.24, 2.45) is 0 Å². The fraction of sp³-hybridized carbons (Fsp3) is 0.909. The van der Waals surface area contributed by atoms with E-state index >= 15 is 0 Å². The van der Waals surface area contributed by atoms with Gasteiger partial charge in [-0.2, -0.15) is 0 Å². The van der Waals surface area contributed by atoms with Gasteiger partial charge in [0.2, 0.25) is 5.91 Å². The molecule has 0 saturated carbocycles. The first kappa shape index (κ1) is 14.4. The van der Waals surface area contributed by atoms with Crippen LogP contribution in [-0.2, 0) is 9.53 Å². The van der Waals surface area contributed by atoms with Crippen molar-refractivity contribution in [3.05, 3.63) is 0 Å². The highest BCUT2D eigenvalue weighted by Gasteiger charge is 2.01. The first-order chi connectivity index (χ1) is 7.16. The number of hydrogen-bond acceptors (Lipinski definition) is 3. The highest BCUT2D eigenvalue weighted by molar-refractivity contribution is 5.77. The quantitative estimate of drug-likeness (QED) is 0.563. The van der Waals surface area contributed by atoms with Gasteiger partial charge < -0.3 is 15.4 Å². The monoisotopic (exact) mass is 216 g/mol. The highest BCUT2D eigenvalue weighted by atomic mass is 16.5. The van der Waals surface area contributed by atoms with E-state index in [0.717, 1.165) is 32.4 Å². The second-order valence-electron chi connectivity index (χ2n) is 3.87. The molecule has 0 unspecified atom stereocenters. The van der Waals surface area contributed by atoms with Crippen LogP contribution >= 0.6 is 0 Å². The average Bonchev–Trinajstić information content (AvgIpc) is 2.20. The van der Waals surface area contributed by atoms with Gasteiger partial charge in [0.05, 0.1) is 6.10 Å². The molecule has 4 heteroatoms. The minimum absolute atomic E-state index is 0.0164. The van der Waals surface area contributed by atoms with Crippen LogP contribution in [0.15, 0.2) is 0 Å². The minimum atomic E-state index is -0.0164. The van der Waals surface area contributed by atoms with Crippen LogP contribution in [0, 0.1) is 0 Å². The first-order valence-electron chi connectivity index (χ1n) is 5.69. The van der Waals surface area contributed by atoms with Crippen molar-refractivity contribution >= 4 is 5.91 Å². The first-order valence-corrected chi connectivity index (χ1v) is 5.69.